The second kappa shape index (κ2) is 9.93. The van der Waals surface area contributed by atoms with Gasteiger partial charge in [0.15, 0.2) is 0 Å². The van der Waals surface area contributed by atoms with Crippen molar-refractivity contribution in [3.63, 3.8) is 0 Å². The van der Waals surface area contributed by atoms with Gasteiger partial charge in [-0.25, -0.2) is 0 Å². The lowest BCUT2D eigenvalue weighted by molar-refractivity contribution is -0.115. The quantitative estimate of drug-likeness (QED) is 0.679. The zero-order valence-corrected chi connectivity index (χ0v) is 16.3. The van der Waals surface area contributed by atoms with Crippen LogP contribution >= 0.6 is 12.4 Å². The summed E-state index contributed by atoms with van der Waals surface area (Å²) in [4.78, 5) is 24.4. The van der Waals surface area contributed by atoms with Crippen LogP contribution in [0.4, 0.5) is 5.69 Å². The second-order valence-electron chi connectivity index (χ2n) is 7.46. The lowest BCUT2D eigenvalue weighted by Gasteiger charge is -2.23. The Morgan fingerprint density at radius 1 is 1.08 bits per heavy atom. The highest BCUT2D eigenvalue weighted by atomic mass is 35.5. The van der Waals surface area contributed by atoms with E-state index < -0.39 is 0 Å². The maximum absolute atomic E-state index is 12.4. The summed E-state index contributed by atoms with van der Waals surface area (Å²) in [6.07, 6.45) is 8.37. The van der Waals surface area contributed by atoms with Gasteiger partial charge in [-0.1, -0.05) is 19.3 Å². The summed E-state index contributed by atoms with van der Waals surface area (Å²) in [5.74, 6) is 0.707. The van der Waals surface area contributed by atoms with Crippen molar-refractivity contribution in [2.75, 3.05) is 18.4 Å². The van der Waals surface area contributed by atoms with E-state index in [-0.39, 0.29) is 24.2 Å². The Kier molecular flexibility index (Phi) is 7.91. The van der Waals surface area contributed by atoms with E-state index in [1.165, 1.54) is 32.1 Å². The second-order valence-corrected chi connectivity index (χ2v) is 7.46. The molecule has 0 radical (unpaired) electrons. The van der Waals surface area contributed by atoms with Gasteiger partial charge in [0.25, 0.3) is 5.91 Å². The number of hydrogen-bond acceptors (Lipinski definition) is 3. The molecule has 0 aliphatic heterocycles. The summed E-state index contributed by atoms with van der Waals surface area (Å²) >= 11 is 0. The van der Waals surface area contributed by atoms with Crippen molar-refractivity contribution in [1.29, 1.82) is 0 Å². The van der Waals surface area contributed by atoms with Crippen LogP contribution in [0.1, 0.15) is 60.9 Å². The Balaban J connectivity index is 0.00000243. The Bertz CT molecular complexity index is 625. The van der Waals surface area contributed by atoms with E-state index in [0.29, 0.717) is 18.2 Å². The average Bonchev–Trinajstić information content (AvgIpc) is 3.42. The van der Waals surface area contributed by atoms with Gasteiger partial charge in [-0.05, 0) is 68.8 Å². The average molecular weight is 380 g/mol. The topological polar surface area (TPSA) is 70.2 Å². The molecular formula is C20H30ClN3O2. The minimum atomic E-state index is -0.0387. The Labute approximate surface area is 162 Å². The van der Waals surface area contributed by atoms with Gasteiger partial charge in [-0.15, -0.1) is 12.4 Å². The molecule has 0 aromatic heterocycles. The van der Waals surface area contributed by atoms with Crippen LogP contribution in [0.25, 0.3) is 0 Å². The zero-order valence-electron chi connectivity index (χ0n) is 15.5. The molecule has 26 heavy (non-hydrogen) atoms. The maximum atomic E-state index is 12.4. The number of carbonyl (C=O) groups is 2. The molecule has 2 amide bonds. The van der Waals surface area contributed by atoms with Crippen molar-refractivity contribution in [1.82, 2.24) is 10.6 Å². The predicted molar refractivity (Wildman–Crippen MR) is 107 cm³/mol. The summed E-state index contributed by atoms with van der Waals surface area (Å²) in [5, 5.41) is 9.24. The van der Waals surface area contributed by atoms with Gasteiger partial charge in [-0.3, -0.25) is 9.59 Å². The highest BCUT2D eigenvalue weighted by molar-refractivity contribution is 5.97. The van der Waals surface area contributed by atoms with Crippen LogP contribution in [-0.4, -0.2) is 30.9 Å². The number of rotatable bonds is 7. The molecule has 6 heteroatoms. The van der Waals surface area contributed by atoms with Crippen molar-refractivity contribution in [2.24, 2.45) is 5.92 Å². The molecule has 5 nitrogen and oxygen atoms in total. The molecule has 3 N–H and O–H groups in total. The Morgan fingerprint density at radius 3 is 2.46 bits per heavy atom. The van der Waals surface area contributed by atoms with Crippen LogP contribution in [0.3, 0.4) is 0 Å². The third-order valence-electron chi connectivity index (χ3n) is 5.12. The van der Waals surface area contributed by atoms with Crippen molar-refractivity contribution in [3.8, 4) is 0 Å². The standard InChI is InChI=1S/C20H29N3O2.ClH/c1-14-11-16(20(25)22-17-5-3-2-4-6-17)9-10-18(14)23-19(24)13-21-12-15-7-8-15;/h9-11,15,17,21H,2-8,12-13H2,1H3,(H,22,25)(H,23,24);1H. The number of carbonyl (C=O) groups excluding carboxylic acids is 2. The van der Waals surface area contributed by atoms with Crippen molar-refractivity contribution >= 4 is 29.9 Å². The highest BCUT2D eigenvalue weighted by Crippen LogP contribution is 2.27. The molecule has 2 fully saturated rings. The summed E-state index contributed by atoms with van der Waals surface area (Å²) in [5.41, 5.74) is 2.34. The van der Waals surface area contributed by atoms with Crippen LogP contribution in [0, 0.1) is 12.8 Å². The van der Waals surface area contributed by atoms with Gasteiger partial charge >= 0.3 is 0 Å². The summed E-state index contributed by atoms with van der Waals surface area (Å²) < 4.78 is 0. The molecule has 1 aromatic rings. The molecule has 0 unspecified atom stereocenters. The number of hydrogen-bond donors (Lipinski definition) is 3. The van der Waals surface area contributed by atoms with E-state index in [4.69, 9.17) is 0 Å². The van der Waals surface area contributed by atoms with E-state index in [1.54, 1.807) is 6.07 Å². The normalized spacial score (nSPS) is 17.3. The lowest BCUT2D eigenvalue weighted by atomic mass is 9.95. The van der Waals surface area contributed by atoms with Crippen LogP contribution in [0.2, 0.25) is 0 Å². The molecule has 0 atom stereocenters. The van der Waals surface area contributed by atoms with Crippen molar-refractivity contribution in [2.45, 2.75) is 57.9 Å². The molecular weight excluding hydrogens is 350 g/mol. The first-order chi connectivity index (χ1) is 12.1. The highest BCUT2D eigenvalue weighted by Gasteiger charge is 2.21. The molecule has 0 spiro atoms. The molecule has 0 saturated heterocycles. The van der Waals surface area contributed by atoms with E-state index in [2.05, 4.69) is 16.0 Å². The Morgan fingerprint density at radius 2 is 1.81 bits per heavy atom. The third kappa shape index (κ3) is 6.29. The van der Waals surface area contributed by atoms with E-state index in [1.807, 2.05) is 19.1 Å². The van der Waals surface area contributed by atoms with E-state index in [9.17, 15) is 9.59 Å². The van der Waals surface area contributed by atoms with Gasteiger partial charge in [0.05, 0.1) is 6.54 Å². The minimum Gasteiger partial charge on any atom is -0.349 e. The molecule has 0 bridgehead atoms. The van der Waals surface area contributed by atoms with E-state index in [0.717, 1.165) is 36.6 Å². The first kappa shape index (κ1) is 20.7. The third-order valence-corrected chi connectivity index (χ3v) is 5.12. The van der Waals surface area contributed by atoms with Gasteiger partial charge in [-0.2, -0.15) is 0 Å². The summed E-state index contributed by atoms with van der Waals surface area (Å²) in [6, 6.07) is 5.77. The molecule has 1 aromatic carbocycles. The molecule has 3 rings (SSSR count). The monoisotopic (exact) mass is 379 g/mol. The fourth-order valence-electron chi connectivity index (χ4n) is 3.37. The number of benzene rings is 1. The number of anilines is 1. The smallest absolute Gasteiger partial charge is 0.251 e. The molecule has 0 heterocycles. The summed E-state index contributed by atoms with van der Waals surface area (Å²) in [7, 11) is 0. The van der Waals surface area contributed by atoms with Crippen LogP contribution < -0.4 is 16.0 Å². The number of aryl methyl sites for hydroxylation is 1. The van der Waals surface area contributed by atoms with Crippen molar-refractivity contribution in [3.05, 3.63) is 29.3 Å². The number of halogens is 1. The fourth-order valence-corrected chi connectivity index (χ4v) is 3.37. The summed E-state index contributed by atoms with van der Waals surface area (Å²) in [6.45, 7) is 3.18. The van der Waals surface area contributed by atoms with Gasteiger partial charge in [0.2, 0.25) is 5.91 Å². The first-order valence-electron chi connectivity index (χ1n) is 9.54. The molecule has 2 aliphatic carbocycles. The number of amides is 2. The maximum Gasteiger partial charge on any atom is 0.251 e. The van der Waals surface area contributed by atoms with Crippen LogP contribution in [0.5, 0.6) is 0 Å². The van der Waals surface area contributed by atoms with Crippen LogP contribution in [-0.2, 0) is 4.79 Å². The van der Waals surface area contributed by atoms with Crippen molar-refractivity contribution < 1.29 is 9.59 Å². The van der Waals surface area contributed by atoms with E-state index >= 15 is 0 Å². The zero-order chi connectivity index (χ0) is 17.6. The SMILES string of the molecule is Cc1cc(C(=O)NC2CCCCC2)ccc1NC(=O)CNCC1CC1.Cl. The molecule has 2 aliphatic rings. The number of nitrogens with one attached hydrogen (secondary N) is 3. The van der Waals surface area contributed by atoms with Gasteiger partial charge in [0.1, 0.15) is 0 Å². The fraction of sp³-hybridized carbons (Fsp3) is 0.600. The largest absolute Gasteiger partial charge is 0.349 e. The lowest BCUT2D eigenvalue weighted by Crippen LogP contribution is -2.36. The predicted octanol–water partition coefficient (Wildman–Crippen LogP) is 3.42. The van der Waals surface area contributed by atoms with Crippen LogP contribution in [0.15, 0.2) is 18.2 Å². The molecule has 144 valence electrons. The van der Waals surface area contributed by atoms with Gasteiger partial charge in [0, 0.05) is 17.3 Å². The minimum absolute atomic E-state index is 0. The first-order valence-corrected chi connectivity index (χ1v) is 9.54. The molecule has 2 saturated carbocycles. The van der Waals surface area contributed by atoms with Gasteiger partial charge < -0.3 is 16.0 Å². The Hall–Kier alpha value is -1.59.